The molecule has 3 rings (SSSR count). The fraction of sp³-hybridized carbons (Fsp3) is 0.647. The predicted octanol–water partition coefficient (Wildman–Crippen LogP) is 4.41. The molecule has 1 N–H and O–H groups in total. The van der Waals surface area contributed by atoms with Crippen LogP contribution in [0.5, 0.6) is 0 Å². The van der Waals surface area contributed by atoms with E-state index in [1.54, 1.807) is 0 Å². The van der Waals surface area contributed by atoms with Crippen LogP contribution >= 0.6 is 11.8 Å². The average Bonchev–Trinajstić information content (AvgIpc) is 2.46. The standard InChI is InChI=1S/C17H25NOS/c1-4-20-14-10-6-5-9-13(14)18-15-12-8-7-11-19-16(12)17(15,2)3/h5-6,9-10,12,15-16,18H,4,7-8,11H2,1-3H3. The Hall–Kier alpha value is -0.670. The molecule has 1 saturated carbocycles. The molecule has 1 aromatic rings. The van der Waals surface area contributed by atoms with Crippen molar-refractivity contribution in [2.24, 2.45) is 11.3 Å². The summed E-state index contributed by atoms with van der Waals surface area (Å²) in [5, 5.41) is 3.82. The van der Waals surface area contributed by atoms with Crippen LogP contribution in [0.25, 0.3) is 0 Å². The van der Waals surface area contributed by atoms with E-state index in [2.05, 4.69) is 50.4 Å². The van der Waals surface area contributed by atoms with Gasteiger partial charge in [-0.25, -0.2) is 0 Å². The number of anilines is 1. The summed E-state index contributed by atoms with van der Waals surface area (Å²) in [5.41, 5.74) is 1.52. The first-order valence-electron chi connectivity index (χ1n) is 7.74. The van der Waals surface area contributed by atoms with Crippen LogP contribution in [0.3, 0.4) is 0 Å². The summed E-state index contributed by atoms with van der Waals surface area (Å²) < 4.78 is 5.99. The van der Waals surface area contributed by atoms with Crippen molar-refractivity contribution < 1.29 is 4.74 Å². The van der Waals surface area contributed by atoms with Crippen molar-refractivity contribution >= 4 is 17.4 Å². The Morgan fingerprint density at radius 1 is 1.35 bits per heavy atom. The van der Waals surface area contributed by atoms with Gasteiger partial charge in [-0.15, -0.1) is 11.8 Å². The van der Waals surface area contributed by atoms with Gasteiger partial charge >= 0.3 is 0 Å². The van der Waals surface area contributed by atoms with Gasteiger partial charge in [0, 0.05) is 34.6 Å². The first-order chi connectivity index (χ1) is 9.64. The second-order valence-corrected chi connectivity index (χ2v) is 7.78. The second kappa shape index (κ2) is 5.61. The van der Waals surface area contributed by atoms with E-state index >= 15 is 0 Å². The summed E-state index contributed by atoms with van der Waals surface area (Å²) in [7, 11) is 0. The number of thioether (sulfide) groups is 1. The second-order valence-electron chi connectivity index (χ2n) is 6.47. The van der Waals surface area contributed by atoms with Gasteiger partial charge in [-0.1, -0.05) is 32.9 Å². The molecule has 110 valence electrons. The zero-order chi connectivity index (χ0) is 14.2. The number of benzene rings is 1. The molecule has 3 heteroatoms. The largest absolute Gasteiger partial charge is 0.380 e. The molecule has 1 aliphatic heterocycles. The molecule has 0 amide bonds. The average molecular weight is 291 g/mol. The minimum Gasteiger partial charge on any atom is -0.380 e. The van der Waals surface area contributed by atoms with Crippen LogP contribution in [-0.2, 0) is 4.74 Å². The van der Waals surface area contributed by atoms with Crippen LogP contribution in [-0.4, -0.2) is 24.5 Å². The summed E-state index contributed by atoms with van der Waals surface area (Å²) >= 11 is 1.91. The zero-order valence-electron chi connectivity index (χ0n) is 12.7. The summed E-state index contributed by atoms with van der Waals surface area (Å²) in [4.78, 5) is 1.37. The third kappa shape index (κ3) is 2.35. The highest BCUT2D eigenvalue weighted by Crippen LogP contribution is 2.52. The van der Waals surface area contributed by atoms with E-state index in [1.165, 1.54) is 23.4 Å². The van der Waals surface area contributed by atoms with Gasteiger partial charge in [-0.05, 0) is 30.7 Å². The molecule has 0 radical (unpaired) electrons. The first-order valence-corrected chi connectivity index (χ1v) is 8.73. The number of fused-ring (bicyclic) bond motifs is 1. The highest BCUT2D eigenvalue weighted by molar-refractivity contribution is 7.99. The van der Waals surface area contributed by atoms with Crippen LogP contribution in [0.1, 0.15) is 33.6 Å². The number of para-hydroxylation sites is 1. The van der Waals surface area contributed by atoms with Crippen molar-refractivity contribution in [2.75, 3.05) is 17.7 Å². The van der Waals surface area contributed by atoms with Gasteiger partial charge in [-0.2, -0.15) is 0 Å². The van der Waals surface area contributed by atoms with E-state index in [9.17, 15) is 0 Å². The summed E-state index contributed by atoms with van der Waals surface area (Å²) in [6.45, 7) is 7.83. The Morgan fingerprint density at radius 3 is 2.95 bits per heavy atom. The van der Waals surface area contributed by atoms with Crippen LogP contribution in [0, 0.1) is 11.3 Å². The third-order valence-electron chi connectivity index (χ3n) is 4.83. The molecular formula is C17H25NOS. The van der Waals surface area contributed by atoms with Crippen molar-refractivity contribution in [3.8, 4) is 0 Å². The number of rotatable bonds is 4. The molecule has 3 atom stereocenters. The van der Waals surface area contributed by atoms with Gasteiger partial charge in [-0.3, -0.25) is 0 Å². The van der Waals surface area contributed by atoms with E-state index in [4.69, 9.17) is 4.74 Å². The van der Waals surface area contributed by atoms with Crippen LogP contribution in [0.2, 0.25) is 0 Å². The Kier molecular flexibility index (Phi) is 4.00. The molecule has 0 bridgehead atoms. The summed E-state index contributed by atoms with van der Waals surface area (Å²) in [6, 6.07) is 9.22. The van der Waals surface area contributed by atoms with E-state index in [1.807, 2.05) is 11.8 Å². The quantitative estimate of drug-likeness (QED) is 0.830. The van der Waals surface area contributed by atoms with Gasteiger partial charge < -0.3 is 10.1 Å². The topological polar surface area (TPSA) is 21.3 Å². The minimum atomic E-state index is 0.231. The summed E-state index contributed by atoms with van der Waals surface area (Å²) in [6.07, 6.45) is 2.95. The molecule has 1 heterocycles. The maximum atomic E-state index is 5.99. The van der Waals surface area contributed by atoms with Gasteiger partial charge in [0.05, 0.1) is 6.10 Å². The lowest BCUT2D eigenvalue weighted by Gasteiger charge is -2.60. The van der Waals surface area contributed by atoms with Crippen molar-refractivity contribution in [2.45, 2.75) is 50.7 Å². The first kappa shape index (κ1) is 14.3. The van der Waals surface area contributed by atoms with Gasteiger partial charge in [0.25, 0.3) is 0 Å². The number of hydrogen-bond donors (Lipinski definition) is 1. The highest BCUT2D eigenvalue weighted by atomic mass is 32.2. The predicted molar refractivity (Wildman–Crippen MR) is 86.5 cm³/mol. The number of hydrogen-bond acceptors (Lipinski definition) is 3. The molecule has 0 aromatic heterocycles. The van der Waals surface area contributed by atoms with Gasteiger partial charge in [0.2, 0.25) is 0 Å². The van der Waals surface area contributed by atoms with E-state index in [-0.39, 0.29) is 5.41 Å². The van der Waals surface area contributed by atoms with Crippen LogP contribution in [0.4, 0.5) is 5.69 Å². The smallest absolute Gasteiger partial charge is 0.0693 e. The van der Waals surface area contributed by atoms with E-state index in [0.717, 1.165) is 12.4 Å². The number of ether oxygens (including phenoxy) is 1. The molecule has 1 aromatic carbocycles. The molecule has 0 spiro atoms. The Labute approximate surface area is 126 Å². The Morgan fingerprint density at radius 2 is 2.15 bits per heavy atom. The van der Waals surface area contributed by atoms with E-state index < -0.39 is 0 Å². The maximum absolute atomic E-state index is 5.99. The van der Waals surface area contributed by atoms with E-state index in [0.29, 0.717) is 18.1 Å². The normalized spacial score (nSPS) is 31.2. The highest BCUT2D eigenvalue weighted by Gasteiger charge is 2.57. The number of nitrogens with one attached hydrogen (secondary N) is 1. The maximum Gasteiger partial charge on any atom is 0.0693 e. The molecule has 3 unspecified atom stereocenters. The molecule has 1 aliphatic carbocycles. The molecular weight excluding hydrogens is 266 g/mol. The lowest BCUT2D eigenvalue weighted by molar-refractivity contribution is -0.177. The fourth-order valence-electron chi connectivity index (χ4n) is 3.85. The van der Waals surface area contributed by atoms with Crippen molar-refractivity contribution in [1.29, 1.82) is 0 Å². The van der Waals surface area contributed by atoms with Crippen LogP contribution in [0.15, 0.2) is 29.2 Å². The van der Waals surface area contributed by atoms with Crippen molar-refractivity contribution in [1.82, 2.24) is 0 Å². The lowest BCUT2D eigenvalue weighted by Crippen LogP contribution is -2.67. The Bertz CT molecular complexity index is 474. The monoisotopic (exact) mass is 291 g/mol. The van der Waals surface area contributed by atoms with Crippen LogP contribution < -0.4 is 5.32 Å². The SMILES string of the molecule is CCSc1ccccc1NC1C2CCCOC2C1(C)C. The molecule has 20 heavy (non-hydrogen) atoms. The van der Waals surface area contributed by atoms with Gasteiger partial charge in [0.15, 0.2) is 0 Å². The molecule has 2 fully saturated rings. The fourth-order valence-corrected chi connectivity index (χ4v) is 4.62. The minimum absolute atomic E-state index is 0.231. The van der Waals surface area contributed by atoms with Crippen molar-refractivity contribution in [3.05, 3.63) is 24.3 Å². The molecule has 2 nitrogen and oxygen atoms in total. The lowest BCUT2D eigenvalue weighted by atomic mass is 9.55. The third-order valence-corrected chi connectivity index (χ3v) is 5.78. The Balaban J connectivity index is 1.77. The molecule has 1 saturated heterocycles. The van der Waals surface area contributed by atoms with Crippen molar-refractivity contribution in [3.63, 3.8) is 0 Å². The zero-order valence-corrected chi connectivity index (χ0v) is 13.5. The molecule has 2 aliphatic rings. The summed E-state index contributed by atoms with van der Waals surface area (Å²) in [5.74, 6) is 1.79. The van der Waals surface area contributed by atoms with Gasteiger partial charge in [0.1, 0.15) is 0 Å².